The average Bonchev–Trinajstić information content (AvgIpc) is 2.95. The van der Waals surface area contributed by atoms with Crippen LogP contribution < -0.4 is 0 Å². The lowest BCUT2D eigenvalue weighted by Gasteiger charge is -2.12. The second-order valence-corrected chi connectivity index (χ2v) is 10.3. The molecule has 4 rings (SSSR count). The predicted octanol–water partition coefficient (Wildman–Crippen LogP) is 10.7. The first-order valence-electron chi connectivity index (χ1n) is 13.9. The van der Waals surface area contributed by atoms with Gasteiger partial charge in [0.1, 0.15) is 0 Å². The van der Waals surface area contributed by atoms with E-state index in [1.807, 2.05) is 6.92 Å². The maximum atomic E-state index is 2.34. The van der Waals surface area contributed by atoms with Crippen molar-refractivity contribution in [3.05, 3.63) is 166 Å². The van der Waals surface area contributed by atoms with Crippen molar-refractivity contribution < 1.29 is 0 Å². The number of hydrogen-bond donors (Lipinski definition) is 0. The van der Waals surface area contributed by atoms with Crippen molar-refractivity contribution in [3.63, 3.8) is 0 Å². The summed E-state index contributed by atoms with van der Waals surface area (Å²) in [4.78, 5) is 0. The van der Waals surface area contributed by atoms with E-state index in [4.69, 9.17) is 0 Å². The molecule has 0 aliphatic heterocycles. The van der Waals surface area contributed by atoms with E-state index in [0.717, 1.165) is 12.8 Å². The molecule has 0 spiro atoms. The standard InChI is InChI=1S/C39H40/c1-6-8-13-29(3)36-20-22-37(23-21-36)39-25-19-34(27-31(39)5)28-33-18-24-38(30(4)26-33)35(7-2)17-12-16-32-14-10-9-11-15-32/h6-15,17-27H,16,28H2,1-5H3. The van der Waals surface area contributed by atoms with Crippen LogP contribution >= 0.6 is 0 Å². The minimum absolute atomic E-state index is 0.936. The summed E-state index contributed by atoms with van der Waals surface area (Å²) in [5, 5.41) is 0. The molecule has 0 atom stereocenters. The van der Waals surface area contributed by atoms with E-state index in [0.29, 0.717) is 0 Å². The molecule has 0 fully saturated rings. The van der Waals surface area contributed by atoms with E-state index >= 15 is 0 Å². The van der Waals surface area contributed by atoms with E-state index in [9.17, 15) is 0 Å². The maximum absolute atomic E-state index is 2.34. The van der Waals surface area contributed by atoms with Gasteiger partial charge in [0.15, 0.2) is 0 Å². The second-order valence-electron chi connectivity index (χ2n) is 10.3. The largest absolute Gasteiger partial charge is 0.0877 e. The van der Waals surface area contributed by atoms with Crippen molar-refractivity contribution in [2.45, 2.75) is 47.5 Å². The first kappa shape index (κ1) is 27.9. The highest BCUT2D eigenvalue weighted by molar-refractivity contribution is 5.76. The SMILES string of the molecule is CC=CC=C(C)c1ccc(-c2ccc(Cc3ccc(C(C=CCc4ccccc4)=CC)c(C)c3)cc2C)cc1. The van der Waals surface area contributed by atoms with Gasteiger partial charge in [-0.15, -0.1) is 0 Å². The Labute approximate surface area is 235 Å². The molecule has 0 saturated heterocycles. The molecular weight excluding hydrogens is 468 g/mol. The van der Waals surface area contributed by atoms with Crippen molar-refractivity contribution in [2.24, 2.45) is 0 Å². The minimum atomic E-state index is 0.936. The van der Waals surface area contributed by atoms with Gasteiger partial charge in [0.25, 0.3) is 0 Å². The van der Waals surface area contributed by atoms with Crippen LogP contribution in [0.1, 0.15) is 59.7 Å². The van der Waals surface area contributed by atoms with Crippen LogP contribution in [-0.4, -0.2) is 0 Å². The van der Waals surface area contributed by atoms with Crippen molar-refractivity contribution in [1.82, 2.24) is 0 Å². The topological polar surface area (TPSA) is 0 Å². The van der Waals surface area contributed by atoms with E-state index in [2.05, 4.69) is 155 Å². The smallest absolute Gasteiger partial charge is 0.00256 e. The Morgan fingerprint density at radius 1 is 0.718 bits per heavy atom. The van der Waals surface area contributed by atoms with Crippen LogP contribution in [-0.2, 0) is 12.8 Å². The molecular formula is C39H40. The lowest BCUT2D eigenvalue weighted by Crippen LogP contribution is -1.94. The zero-order chi connectivity index (χ0) is 27.6. The molecule has 0 N–H and O–H groups in total. The fraction of sp³-hybridized carbons (Fsp3) is 0.179. The summed E-state index contributed by atoms with van der Waals surface area (Å²) in [6.45, 7) is 10.8. The highest BCUT2D eigenvalue weighted by Crippen LogP contribution is 2.28. The van der Waals surface area contributed by atoms with Gasteiger partial charge in [-0.1, -0.05) is 127 Å². The molecule has 4 aromatic carbocycles. The number of rotatable bonds is 9. The summed E-state index contributed by atoms with van der Waals surface area (Å²) >= 11 is 0. The van der Waals surface area contributed by atoms with Crippen LogP contribution in [0, 0.1) is 13.8 Å². The zero-order valence-corrected chi connectivity index (χ0v) is 24.0. The summed E-state index contributed by atoms with van der Waals surface area (Å²) in [5.41, 5.74) is 14.3. The minimum Gasteiger partial charge on any atom is -0.0877 e. The summed E-state index contributed by atoms with van der Waals surface area (Å²) < 4.78 is 0. The molecule has 0 bridgehead atoms. The van der Waals surface area contributed by atoms with Crippen LogP contribution in [0.5, 0.6) is 0 Å². The average molecular weight is 509 g/mol. The van der Waals surface area contributed by atoms with E-state index in [1.54, 1.807) is 0 Å². The zero-order valence-electron chi connectivity index (χ0n) is 24.0. The van der Waals surface area contributed by atoms with E-state index in [-0.39, 0.29) is 0 Å². The Balaban J connectivity index is 1.45. The summed E-state index contributed by atoms with van der Waals surface area (Å²) in [5.74, 6) is 0. The van der Waals surface area contributed by atoms with Crippen molar-refractivity contribution in [1.29, 1.82) is 0 Å². The lowest BCUT2D eigenvalue weighted by atomic mass is 9.93. The summed E-state index contributed by atoms with van der Waals surface area (Å²) in [6, 6.07) is 33.3. The van der Waals surface area contributed by atoms with Crippen LogP contribution in [0.3, 0.4) is 0 Å². The Morgan fingerprint density at radius 2 is 1.41 bits per heavy atom. The third-order valence-electron chi connectivity index (χ3n) is 7.30. The van der Waals surface area contributed by atoms with Gasteiger partial charge in [-0.05, 0) is 109 Å². The van der Waals surface area contributed by atoms with Crippen LogP contribution in [0.4, 0.5) is 0 Å². The van der Waals surface area contributed by atoms with Crippen molar-refractivity contribution in [2.75, 3.05) is 0 Å². The quantitative estimate of drug-likeness (QED) is 0.197. The van der Waals surface area contributed by atoms with Gasteiger partial charge in [0.2, 0.25) is 0 Å². The highest BCUT2D eigenvalue weighted by Gasteiger charge is 2.07. The van der Waals surface area contributed by atoms with E-state index in [1.165, 1.54) is 61.2 Å². The summed E-state index contributed by atoms with van der Waals surface area (Å²) in [6.07, 6.45) is 14.9. The third-order valence-corrected chi connectivity index (χ3v) is 7.30. The molecule has 0 saturated carbocycles. The molecule has 0 heteroatoms. The Bertz CT molecular complexity index is 1510. The number of allylic oxidation sites excluding steroid dienone is 8. The van der Waals surface area contributed by atoms with Gasteiger partial charge in [0, 0.05) is 0 Å². The molecule has 39 heavy (non-hydrogen) atoms. The van der Waals surface area contributed by atoms with Gasteiger partial charge in [-0.2, -0.15) is 0 Å². The third kappa shape index (κ3) is 7.45. The Morgan fingerprint density at radius 3 is 2.05 bits per heavy atom. The molecule has 0 aromatic heterocycles. The molecule has 0 nitrogen and oxygen atoms in total. The number of hydrogen-bond acceptors (Lipinski definition) is 0. The first-order chi connectivity index (χ1) is 19.0. The normalized spacial score (nSPS) is 12.5. The van der Waals surface area contributed by atoms with Gasteiger partial charge in [-0.25, -0.2) is 0 Å². The molecule has 0 aliphatic carbocycles. The van der Waals surface area contributed by atoms with Crippen LogP contribution in [0.2, 0.25) is 0 Å². The molecule has 0 amide bonds. The van der Waals surface area contributed by atoms with Crippen molar-refractivity contribution in [3.8, 4) is 11.1 Å². The second kappa shape index (κ2) is 13.6. The summed E-state index contributed by atoms with van der Waals surface area (Å²) in [7, 11) is 0. The molecule has 196 valence electrons. The van der Waals surface area contributed by atoms with Gasteiger partial charge >= 0.3 is 0 Å². The number of aryl methyl sites for hydroxylation is 2. The maximum Gasteiger partial charge on any atom is -0.00256 e. The number of benzene rings is 4. The monoisotopic (exact) mass is 508 g/mol. The van der Waals surface area contributed by atoms with Crippen LogP contribution in [0.25, 0.3) is 22.3 Å². The van der Waals surface area contributed by atoms with Crippen LogP contribution in [0.15, 0.2) is 127 Å². The Hall–Kier alpha value is -4.16. The molecule has 0 heterocycles. The highest BCUT2D eigenvalue weighted by atomic mass is 14.1. The van der Waals surface area contributed by atoms with Gasteiger partial charge < -0.3 is 0 Å². The first-order valence-corrected chi connectivity index (χ1v) is 13.9. The Kier molecular flexibility index (Phi) is 9.70. The molecule has 4 aromatic rings. The van der Waals surface area contributed by atoms with Gasteiger partial charge in [0.05, 0.1) is 0 Å². The fourth-order valence-corrected chi connectivity index (χ4v) is 5.08. The van der Waals surface area contributed by atoms with E-state index < -0.39 is 0 Å². The van der Waals surface area contributed by atoms with Crippen molar-refractivity contribution >= 4 is 11.1 Å². The lowest BCUT2D eigenvalue weighted by molar-refractivity contribution is 1.17. The fourth-order valence-electron chi connectivity index (χ4n) is 5.08. The molecule has 0 aliphatic rings. The van der Waals surface area contributed by atoms with Gasteiger partial charge in [-0.3, -0.25) is 0 Å². The predicted molar refractivity (Wildman–Crippen MR) is 172 cm³/mol. The molecule has 0 unspecified atom stereocenters. The molecule has 0 radical (unpaired) electrons.